The highest BCUT2D eigenvalue weighted by molar-refractivity contribution is 5.77. The molecule has 0 aromatic heterocycles. The molecule has 0 aliphatic carbocycles. The maximum atomic E-state index is 11.3. The van der Waals surface area contributed by atoms with Crippen LogP contribution in [-0.4, -0.2) is 38.0 Å². The maximum Gasteiger partial charge on any atom is 0.234 e. The van der Waals surface area contributed by atoms with E-state index >= 15 is 0 Å². The van der Waals surface area contributed by atoms with Gasteiger partial charge in [0, 0.05) is 6.54 Å². The van der Waals surface area contributed by atoms with Gasteiger partial charge in [0.25, 0.3) is 0 Å². The molecule has 0 atom stereocenters. The Bertz CT molecular complexity index is 181. The Balaban J connectivity index is 3.10. The molecule has 0 saturated carbocycles. The molecule has 0 saturated heterocycles. The van der Waals surface area contributed by atoms with Gasteiger partial charge in [0.1, 0.15) is 0 Å². The molecule has 0 heterocycles. The Morgan fingerprint density at radius 3 is 2.00 bits per heavy atom. The number of carbonyl (C=O) groups excluding carboxylic acids is 1. The summed E-state index contributed by atoms with van der Waals surface area (Å²) >= 11 is 0. The summed E-state index contributed by atoms with van der Waals surface area (Å²) in [5.41, 5.74) is 0. The predicted octanol–water partition coefficient (Wildman–Crippen LogP) is 2.80. The number of hydrogen-bond acceptors (Lipinski definition) is 2. The molecule has 0 aliphatic rings. The average molecular weight is 242 g/mol. The van der Waals surface area contributed by atoms with Crippen LogP contribution in [0.25, 0.3) is 0 Å². The summed E-state index contributed by atoms with van der Waals surface area (Å²) in [4.78, 5) is 13.2. The first-order chi connectivity index (χ1) is 8.16. The largest absolute Gasteiger partial charge is 0.355 e. The molecule has 0 aromatic carbocycles. The minimum Gasteiger partial charge on any atom is -0.355 e. The zero-order chi connectivity index (χ0) is 12.9. The normalized spacial score (nSPS) is 10.8. The third-order valence-electron chi connectivity index (χ3n) is 2.81. The lowest BCUT2D eigenvalue weighted by Gasteiger charge is -2.09. The highest BCUT2D eigenvalue weighted by Gasteiger charge is 2.00. The van der Waals surface area contributed by atoms with Crippen molar-refractivity contribution in [1.82, 2.24) is 10.2 Å². The minimum absolute atomic E-state index is 0.137. The van der Waals surface area contributed by atoms with Crippen LogP contribution in [0.2, 0.25) is 0 Å². The van der Waals surface area contributed by atoms with Crippen LogP contribution in [-0.2, 0) is 4.79 Å². The Morgan fingerprint density at radius 2 is 1.47 bits per heavy atom. The molecule has 0 unspecified atom stereocenters. The number of nitrogens with one attached hydrogen (secondary N) is 1. The zero-order valence-corrected chi connectivity index (χ0v) is 11.9. The number of unbranched alkanes of at least 4 members (excludes halogenated alkanes) is 7. The molecular formula is C14H30N2O. The topological polar surface area (TPSA) is 32.3 Å². The lowest BCUT2D eigenvalue weighted by atomic mass is 10.1. The molecule has 3 nitrogen and oxygen atoms in total. The number of hydrogen-bond donors (Lipinski definition) is 1. The Hall–Kier alpha value is -0.570. The minimum atomic E-state index is 0.137. The maximum absolute atomic E-state index is 11.3. The van der Waals surface area contributed by atoms with Crippen molar-refractivity contribution in [3.05, 3.63) is 0 Å². The first-order valence-electron chi connectivity index (χ1n) is 7.08. The van der Waals surface area contributed by atoms with Crippen molar-refractivity contribution in [2.24, 2.45) is 0 Å². The number of nitrogens with zero attached hydrogens (tertiary/aromatic N) is 1. The number of rotatable bonds is 11. The smallest absolute Gasteiger partial charge is 0.234 e. The summed E-state index contributed by atoms with van der Waals surface area (Å²) in [5.74, 6) is 0.137. The molecule has 0 fully saturated rings. The highest BCUT2D eigenvalue weighted by Crippen LogP contribution is 2.07. The van der Waals surface area contributed by atoms with Crippen LogP contribution in [0.4, 0.5) is 0 Å². The van der Waals surface area contributed by atoms with Crippen molar-refractivity contribution >= 4 is 5.91 Å². The first kappa shape index (κ1) is 16.4. The molecule has 0 rings (SSSR count). The van der Waals surface area contributed by atoms with E-state index in [1.165, 1.54) is 44.9 Å². The number of likely N-dealkylation sites (N-methyl/N-ethyl adjacent to an activating group) is 1. The zero-order valence-electron chi connectivity index (χ0n) is 11.9. The van der Waals surface area contributed by atoms with Gasteiger partial charge in [0.2, 0.25) is 5.91 Å². The molecular weight excluding hydrogens is 212 g/mol. The summed E-state index contributed by atoms with van der Waals surface area (Å²) in [6, 6.07) is 0. The van der Waals surface area contributed by atoms with E-state index in [4.69, 9.17) is 0 Å². The second-order valence-electron chi connectivity index (χ2n) is 5.06. The molecule has 0 bridgehead atoms. The predicted molar refractivity (Wildman–Crippen MR) is 74.2 cm³/mol. The van der Waals surface area contributed by atoms with E-state index in [0.29, 0.717) is 6.54 Å². The molecule has 0 radical (unpaired) electrons. The van der Waals surface area contributed by atoms with Crippen molar-refractivity contribution < 1.29 is 4.79 Å². The summed E-state index contributed by atoms with van der Waals surface area (Å²) in [6.07, 6.45) is 10.5. The summed E-state index contributed by atoms with van der Waals surface area (Å²) in [6.45, 7) is 3.58. The van der Waals surface area contributed by atoms with E-state index in [1.807, 2.05) is 19.0 Å². The SMILES string of the molecule is CCCCCCCCCCNC(=O)CN(C)C. The van der Waals surface area contributed by atoms with Gasteiger partial charge in [-0.25, -0.2) is 0 Å². The van der Waals surface area contributed by atoms with Gasteiger partial charge in [-0.3, -0.25) is 4.79 Å². The third kappa shape index (κ3) is 13.4. The van der Waals surface area contributed by atoms with Gasteiger partial charge in [0.15, 0.2) is 0 Å². The Morgan fingerprint density at radius 1 is 0.941 bits per heavy atom. The quantitative estimate of drug-likeness (QED) is 0.565. The van der Waals surface area contributed by atoms with Crippen molar-refractivity contribution in [3.8, 4) is 0 Å². The van der Waals surface area contributed by atoms with Crippen LogP contribution in [0.3, 0.4) is 0 Å². The van der Waals surface area contributed by atoms with Crippen molar-refractivity contribution in [2.75, 3.05) is 27.2 Å². The van der Waals surface area contributed by atoms with Crippen molar-refractivity contribution in [1.29, 1.82) is 0 Å². The van der Waals surface area contributed by atoms with Crippen LogP contribution in [0.1, 0.15) is 58.3 Å². The second-order valence-corrected chi connectivity index (χ2v) is 5.06. The van der Waals surface area contributed by atoms with Gasteiger partial charge in [0.05, 0.1) is 6.54 Å². The molecule has 3 heteroatoms. The number of amides is 1. The first-order valence-corrected chi connectivity index (χ1v) is 7.08. The van der Waals surface area contributed by atoms with E-state index < -0.39 is 0 Å². The van der Waals surface area contributed by atoms with E-state index in [9.17, 15) is 4.79 Å². The van der Waals surface area contributed by atoms with Crippen LogP contribution >= 0.6 is 0 Å². The van der Waals surface area contributed by atoms with E-state index in [0.717, 1.165) is 13.0 Å². The highest BCUT2D eigenvalue weighted by atomic mass is 16.1. The fourth-order valence-corrected chi connectivity index (χ4v) is 1.83. The average Bonchev–Trinajstić information content (AvgIpc) is 2.26. The molecule has 0 aromatic rings. The molecule has 102 valence electrons. The van der Waals surface area contributed by atoms with Gasteiger partial charge in [-0.05, 0) is 20.5 Å². The fraction of sp³-hybridized carbons (Fsp3) is 0.929. The summed E-state index contributed by atoms with van der Waals surface area (Å²) < 4.78 is 0. The van der Waals surface area contributed by atoms with Crippen LogP contribution < -0.4 is 5.32 Å². The van der Waals surface area contributed by atoms with Gasteiger partial charge in [-0.15, -0.1) is 0 Å². The summed E-state index contributed by atoms with van der Waals surface area (Å²) in [7, 11) is 3.83. The van der Waals surface area contributed by atoms with Gasteiger partial charge in [-0.2, -0.15) is 0 Å². The van der Waals surface area contributed by atoms with Crippen LogP contribution in [0.15, 0.2) is 0 Å². The van der Waals surface area contributed by atoms with Gasteiger partial charge in [-0.1, -0.05) is 51.9 Å². The summed E-state index contributed by atoms with van der Waals surface area (Å²) in [5, 5.41) is 2.94. The van der Waals surface area contributed by atoms with E-state index in [-0.39, 0.29) is 5.91 Å². The van der Waals surface area contributed by atoms with Gasteiger partial charge < -0.3 is 10.2 Å². The molecule has 0 spiro atoms. The number of carbonyl (C=O) groups is 1. The monoisotopic (exact) mass is 242 g/mol. The van der Waals surface area contributed by atoms with Crippen molar-refractivity contribution in [2.45, 2.75) is 58.3 Å². The van der Waals surface area contributed by atoms with E-state index in [1.54, 1.807) is 0 Å². The second kappa shape index (κ2) is 11.9. The lowest BCUT2D eigenvalue weighted by molar-refractivity contribution is -0.121. The molecule has 17 heavy (non-hydrogen) atoms. The lowest BCUT2D eigenvalue weighted by Crippen LogP contribution is -2.33. The molecule has 0 aliphatic heterocycles. The van der Waals surface area contributed by atoms with E-state index in [2.05, 4.69) is 12.2 Å². The Kier molecular flexibility index (Phi) is 11.5. The Labute approximate surface area is 107 Å². The van der Waals surface area contributed by atoms with Crippen molar-refractivity contribution in [3.63, 3.8) is 0 Å². The van der Waals surface area contributed by atoms with Crippen LogP contribution in [0, 0.1) is 0 Å². The standard InChI is InChI=1S/C14H30N2O/c1-4-5-6-7-8-9-10-11-12-15-14(17)13-16(2)3/h4-13H2,1-3H3,(H,15,17). The molecule has 1 N–H and O–H groups in total. The molecule has 1 amide bonds. The third-order valence-corrected chi connectivity index (χ3v) is 2.81. The van der Waals surface area contributed by atoms with Gasteiger partial charge >= 0.3 is 0 Å². The fourth-order valence-electron chi connectivity index (χ4n) is 1.83. The van der Waals surface area contributed by atoms with Crippen LogP contribution in [0.5, 0.6) is 0 Å².